The Balaban J connectivity index is 2.43. The van der Waals surface area contributed by atoms with E-state index in [0.29, 0.717) is 13.2 Å². The highest BCUT2D eigenvalue weighted by Crippen LogP contribution is 2.09. The van der Waals surface area contributed by atoms with Crippen molar-refractivity contribution in [3.05, 3.63) is 35.4 Å². The molecule has 0 fully saturated rings. The van der Waals surface area contributed by atoms with Crippen LogP contribution in [0, 0.1) is 0 Å². The number of imide groups is 1. The van der Waals surface area contributed by atoms with Crippen LogP contribution in [-0.2, 0) is 22.7 Å². The number of carbonyl (C=O) groups is 2. The highest BCUT2D eigenvalue weighted by molar-refractivity contribution is 5.94. The molecule has 0 bridgehead atoms. The van der Waals surface area contributed by atoms with Crippen LogP contribution in [0.15, 0.2) is 24.3 Å². The molecule has 3 amide bonds. The zero-order valence-electron chi connectivity index (χ0n) is 10.2. The largest absolute Gasteiger partial charge is 0.380 e. The second kappa shape index (κ2) is 7.41. The van der Waals surface area contributed by atoms with Crippen molar-refractivity contribution in [3.8, 4) is 0 Å². The number of hydrogen-bond donors (Lipinski definition) is 3. The summed E-state index contributed by atoms with van der Waals surface area (Å²) >= 11 is 0. The summed E-state index contributed by atoms with van der Waals surface area (Å²) in [5.41, 5.74) is 6.93. The monoisotopic (exact) mass is 251 g/mol. The summed E-state index contributed by atoms with van der Waals surface area (Å²) in [4.78, 5) is 21.6. The normalized spacial score (nSPS) is 10.1. The van der Waals surface area contributed by atoms with E-state index in [9.17, 15) is 9.59 Å². The molecule has 18 heavy (non-hydrogen) atoms. The van der Waals surface area contributed by atoms with Crippen molar-refractivity contribution < 1.29 is 14.3 Å². The molecule has 6 heteroatoms. The van der Waals surface area contributed by atoms with Gasteiger partial charge in [0.15, 0.2) is 0 Å². The molecule has 0 heterocycles. The average Bonchev–Trinajstić information content (AvgIpc) is 2.30. The Morgan fingerprint density at radius 2 is 1.94 bits per heavy atom. The van der Waals surface area contributed by atoms with Crippen molar-refractivity contribution in [1.82, 2.24) is 10.6 Å². The first kappa shape index (κ1) is 14.1. The Hall–Kier alpha value is -1.92. The average molecular weight is 251 g/mol. The van der Waals surface area contributed by atoms with Crippen molar-refractivity contribution in [2.75, 3.05) is 13.7 Å². The van der Waals surface area contributed by atoms with E-state index in [2.05, 4.69) is 5.32 Å². The molecule has 1 rings (SSSR count). The summed E-state index contributed by atoms with van der Waals surface area (Å²) in [6, 6.07) is 6.91. The number of rotatable bonds is 6. The van der Waals surface area contributed by atoms with Gasteiger partial charge in [0.25, 0.3) is 0 Å². The summed E-state index contributed by atoms with van der Waals surface area (Å²) in [5.74, 6) is -0.452. The van der Waals surface area contributed by atoms with E-state index in [0.717, 1.165) is 11.1 Å². The number of ether oxygens (including phenoxy) is 1. The number of carbonyl (C=O) groups excluding carboxylic acids is 2. The van der Waals surface area contributed by atoms with Crippen LogP contribution in [0.2, 0.25) is 0 Å². The molecule has 98 valence electrons. The predicted octanol–water partition coefficient (Wildman–Crippen LogP) is 0.118. The third kappa shape index (κ3) is 4.94. The van der Waals surface area contributed by atoms with Crippen molar-refractivity contribution in [2.45, 2.75) is 13.2 Å². The smallest absolute Gasteiger partial charge is 0.318 e. The maximum absolute atomic E-state index is 11.2. The molecule has 0 aliphatic rings. The molecule has 0 atom stereocenters. The molecule has 0 saturated heterocycles. The lowest BCUT2D eigenvalue weighted by atomic mass is 10.1. The van der Waals surface area contributed by atoms with E-state index in [4.69, 9.17) is 10.5 Å². The Morgan fingerprint density at radius 3 is 2.56 bits per heavy atom. The molecule has 0 saturated carbocycles. The molecule has 0 radical (unpaired) electrons. The maximum atomic E-state index is 11.2. The minimum Gasteiger partial charge on any atom is -0.380 e. The quantitative estimate of drug-likeness (QED) is 0.669. The van der Waals surface area contributed by atoms with Gasteiger partial charge in [0, 0.05) is 13.7 Å². The summed E-state index contributed by atoms with van der Waals surface area (Å²) < 4.78 is 5.08. The van der Waals surface area contributed by atoms with Crippen molar-refractivity contribution >= 4 is 11.9 Å². The minimum absolute atomic E-state index is 0.0320. The molecule has 0 aliphatic heterocycles. The van der Waals surface area contributed by atoms with E-state index in [1.807, 2.05) is 29.6 Å². The molecule has 0 aromatic heterocycles. The maximum Gasteiger partial charge on any atom is 0.318 e. The van der Waals surface area contributed by atoms with Gasteiger partial charge < -0.3 is 15.8 Å². The van der Waals surface area contributed by atoms with Crippen LogP contribution in [0.5, 0.6) is 0 Å². The van der Waals surface area contributed by atoms with E-state index in [1.165, 1.54) is 0 Å². The highest BCUT2D eigenvalue weighted by atomic mass is 16.5. The standard InChI is InChI=1S/C12H17N3O3/c1-18-8-10-5-3-2-4-9(10)6-14-7-11(16)15-12(13)17/h2-5,14H,6-8H2,1H3,(H3,13,15,16,17). The first-order chi connectivity index (χ1) is 8.63. The number of methoxy groups -OCH3 is 1. The van der Waals surface area contributed by atoms with Gasteiger partial charge in [0.1, 0.15) is 0 Å². The fourth-order valence-corrected chi connectivity index (χ4v) is 1.52. The fourth-order valence-electron chi connectivity index (χ4n) is 1.52. The van der Waals surface area contributed by atoms with Crippen molar-refractivity contribution in [1.29, 1.82) is 0 Å². The summed E-state index contributed by atoms with van der Waals surface area (Å²) in [6.45, 7) is 1.07. The van der Waals surface area contributed by atoms with E-state index in [-0.39, 0.29) is 6.54 Å². The Bertz CT molecular complexity index is 421. The van der Waals surface area contributed by atoms with E-state index in [1.54, 1.807) is 7.11 Å². The van der Waals surface area contributed by atoms with Gasteiger partial charge in [-0.1, -0.05) is 24.3 Å². The van der Waals surface area contributed by atoms with E-state index >= 15 is 0 Å². The van der Waals surface area contributed by atoms with Crippen LogP contribution in [0.25, 0.3) is 0 Å². The molecular formula is C12H17N3O3. The lowest BCUT2D eigenvalue weighted by Gasteiger charge is -2.09. The van der Waals surface area contributed by atoms with Gasteiger partial charge in [-0.3, -0.25) is 10.1 Å². The van der Waals surface area contributed by atoms with Gasteiger partial charge >= 0.3 is 6.03 Å². The fraction of sp³-hybridized carbons (Fsp3) is 0.333. The van der Waals surface area contributed by atoms with Gasteiger partial charge in [0.2, 0.25) is 5.91 Å². The number of urea groups is 1. The van der Waals surface area contributed by atoms with Crippen molar-refractivity contribution in [3.63, 3.8) is 0 Å². The summed E-state index contributed by atoms with van der Waals surface area (Å²) in [5, 5.41) is 4.91. The summed E-state index contributed by atoms with van der Waals surface area (Å²) in [6.07, 6.45) is 0. The number of primary amides is 1. The first-order valence-corrected chi connectivity index (χ1v) is 5.49. The number of amides is 3. The van der Waals surface area contributed by atoms with Crippen LogP contribution >= 0.6 is 0 Å². The number of nitrogens with two attached hydrogens (primary N) is 1. The van der Waals surface area contributed by atoms with Crippen LogP contribution in [-0.4, -0.2) is 25.6 Å². The minimum atomic E-state index is -0.846. The van der Waals surface area contributed by atoms with Gasteiger partial charge in [-0.15, -0.1) is 0 Å². The Kier molecular flexibility index (Phi) is 5.83. The molecule has 4 N–H and O–H groups in total. The molecular weight excluding hydrogens is 234 g/mol. The topological polar surface area (TPSA) is 93.4 Å². The third-order valence-electron chi connectivity index (χ3n) is 2.28. The lowest BCUT2D eigenvalue weighted by Crippen LogP contribution is -2.40. The Labute approximate surface area is 105 Å². The van der Waals surface area contributed by atoms with Gasteiger partial charge in [-0.05, 0) is 11.1 Å². The summed E-state index contributed by atoms with van der Waals surface area (Å²) in [7, 11) is 1.63. The highest BCUT2D eigenvalue weighted by Gasteiger charge is 2.05. The molecule has 0 aliphatic carbocycles. The third-order valence-corrected chi connectivity index (χ3v) is 2.28. The molecule has 6 nitrogen and oxygen atoms in total. The van der Waals surface area contributed by atoms with Crippen LogP contribution < -0.4 is 16.4 Å². The number of nitrogens with one attached hydrogen (secondary N) is 2. The molecule has 1 aromatic carbocycles. The molecule has 0 unspecified atom stereocenters. The van der Waals surface area contributed by atoms with Gasteiger partial charge in [0.05, 0.1) is 13.2 Å². The zero-order chi connectivity index (χ0) is 13.4. The SMILES string of the molecule is COCc1ccccc1CNCC(=O)NC(N)=O. The lowest BCUT2D eigenvalue weighted by molar-refractivity contribution is -0.119. The second-order valence-electron chi connectivity index (χ2n) is 3.72. The first-order valence-electron chi connectivity index (χ1n) is 5.49. The van der Waals surface area contributed by atoms with E-state index < -0.39 is 11.9 Å². The molecule has 0 spiro atoms. The zero-order valence-corrected chi connectivity index (χ0v) is 10.2. The molecule has 1 aromatic rings. The van der Waals surface area contributed by atoms with Gasteiger partial charge in [-0.25, -0.2) is 4.79 Å². The number of benzene rings is 1. The second-order valence-corrected chi connectivity index (χ2v) is 3.72. The predicted molar refractivity (Wildman–Crippen MR) is 66.6 cm³/mol. The van der Waals surface area contributed by atoms with Crippen LogP contribution in [0.1, 0.15) is 11.1 Å². The number of hydrogen-bond acceptors (Lipinski definition) is 4. The van der Waals surface area contributed by atoms with Crippen LogP contribution in [0.4, 0.5) is 4.79 Å². The van der Waals surface area contributed by atoms with Crippen LogP contribution in [0.3, 0.4) is 0 Å². The Morgan fingerprint density at radius 1 is 1.28 bits per heavy atom. The van der Waals surface area contributed by atoms with Gasteiger partial charge in [-0.2, -0.15) is 0 Å². The van der Waals surface area contributed by atoms with Crippen molar-refractivity contribution in [2.24, 2.45) is 5.73 Å².